The van der Waals surface area contributed by atoms with Crippen molar-refractivity contribution < 1.29 is 9.13 Å². The zero-order chi connectivity index (χ0) is 11.5. The van der Waals surface area contributed by atoms with Crippen LogP contribution >= 0.6 is 0 Å². The molecule has 0 fully saturated rings. The van der Waals surface area contributed by atoms with Gasteiger partial charge in [0, 0.05) is 6.07 Å². The van der Waals surface area contributed by atoms with Crippen LogP contribution in [0.5, 0.6) is 11.5 Å². The molecule has 16 heavy (non-hydrogen) atoms. The molecule has 2 aromatic rings. The van der Waals surface area contributed by atoms with E-state index in [0.717, 1.165) is 5.56 Å². The molecule has 0 aliphatic carbocycles. The summed E-state index contributed by atoms with van der Waals surface area (Å²) >= 11 is 0. The lowest BCUT2D eigenvalue weighted by Gasteiger charge is -2.09. The maximum absolute atomic E-state index is 12.9. The molecule has 0 aliphatic heterocycles. The number of benzene rings is 2. The second-order valence-electron chi connectivity index (χ2n) is 3.60. The topological polar surface area (TPSA) is 35.2 Å². The fourth-order valence-corrected chi connectivity index (χ4v) is 1.39. The van der Waals surface area contributed by atoms with Gasteiger partial charge in [-0.15, -0.1) is 0 Å². The van der Waals surface area contributed by atoms with Crippen LogP contribution in [0, 0.1) is 12.7 Å². The standard InChI is InChI=1S/C13H12FNO/c1-9-5-6-12(15)13(7-9)16-11-4-2-3-10(14)8-11/h2-8H,15H2,1H3. The van der Waals surface area contributed by atoms with E-state index in [1.165, 1.54) is 12.1 Å². The number of hydrogen-bond acceptors (Lipinski definition) is 2. The highest BCUT2D eigenvalue weighted by atomic mass is 19.1. The Morgan fingerprint density at radius 1 is 1.12 bits per heavy atom. The Morgan fingerprint density at radius 2 is 1.94 bits per heavy atom. The quantitative estimate of drug-likeness (QED) is 0.781. The third kappa shape index (κ3) is 2.31. The number of halogens is 1. The summed E-state index contributed by atoms with van der Waals surface area (Å²) in [6, 6.07) is 11.5. The second kappa shape index (κ2) is 4.23. The SMILES string of the molecule is Cc1ccc(N)c(Oc2cccc(F)c2)c1. The van der Waals surface area contributed by atoms with Gasteiger partial charge in [0.05, 0.1) is 5.69 Å². The van der Waals surface area contributed by atoms with Crippen molar-refractivity contribution in [3.8, 4) is 11.5 Å². The number of ether oxygens (including phenoxy) is 1. The van der Waals surface area contributed by atoms with Crippen molar-refractivity contribution in [2.75, 3.05) is 5.73 Å². The lowest BCUT2D eigenvalue weighted by Crippen LogP contribution is -1.92. The lowest BCUT2D eigenvalue weighted by atomic mass is 10.2. The molecule has 0 spiro atoms. The zero-order valence-corrected chi connectivity index (χ0v) is 8.91. The van der Waals surface area contributed by atoms with Gasteiger partial charge >= 0.3 is 0 Å². The number of aryl methyl sites for hydroxylation is 1. The van der Waals surface area contributed by atoms with E-state index in [4.69, 9.17) is 10.5 Å². The molecule has 0 atom stereocenters. The highest BCUT2D eigenvalue weighted by Gasteiger charge is 2.03. The van der Waals surface area contributed by atoms with Crippen LogP contribution in [0.15, 0.2) is 42.5 Å². The zero-order valence-electron chi connectivity index (χ0n) is 8.91. The van der Waals surface area contributed by atoms with Gasteiger partial charge < -0.3 is 10.5 Å². The summed E-state index contributed by atoms with van der Waals surface area (Å²) in [6.45, 7) is 1.94. The Balaban J connectivity index is 2.30. The molecule has 0 heterocycles. The van der Waals surface area contributed by atoms with Crippen molar-refractivity contribution in [1.29, 1.82) is 0 Å². The van der Waals surface area contributed by atoms with Gasteiger partial charge in [0.25, 0.3) is 0 Å². The molecule has 3 heteroatoms. The number of anilines is 1. The van der Waals surface area contributed by atoms with Crippen molar-refractivity contribution in [1.82, 2.24) is 0 Å². The lowest BCUT2D eigenvalue weighted by molar-refractivity contribution is 0.478. The summed E-state index contributed by atoms with van der Waals surface area (Å²) in [5.74, 6) is 0.659. The van der Waals surface area contributed by atoms with Gasteiger partial charge in [-0.05, 0) is 36.8 Å². The van der Waals surface area contributed by atoms with Crippen LogP contribution < -0.4 is 10.5 Å². The molecular formula is C13H12FNO. The maximum Gasteiger partial charge on any atom is 0.150 e. The molecule has 0 unspecified atom stereocenters. The molecular weight excluding hydrogens is 205 g/mol. The van der Waals surface area contributed by atoms with Gasteiger partial charge in [0.15, 0.2) is 5.75 Å². The first-order valence-corrected chi connectivity index (χ1v) is 4.95. The molecule has 2 rings (SSSR count). The van der Waals surface area contributed by atoms with E-state index in [1.807, 2.05) is 19.1 Å². The fourth-order valence-electron chi connectivity index (χ4n) is 1.39. The van der Waals surface area contributed by atoms with Crippen LogP contribution in [0.3, 0.4) is 0 Å². The predicted octanol–water partition coefficient (Wildman–Crippen LogP) is 3.51. The van der Waals surface area contributed by atoms with E-state index in [9.17, 15) is 4.39 Å². The highest BCUT2D eigenvalue weighted by molar-refractivity contribution is 5.55. The average Bonchev–Trinajstić information content (AvgIpc) is 2.24. The first kappa shape index (κ1) is 10.5. The van der Waals surface area contributed by atoms with E-state index in [-0.39, 0.29) is 5.82 Å². The third-order valence-corrected chi connectivity index (χ3v) is 2.19. The highest BCUT2D eigenvalue weighted by Crippen LogP contribution is 2.28. The van der Waals surface area contributed by atoms with Gasteiger partial charge in [-0.3, -0.25) is 0 Å². The smallest absolute Gasteiger partial charge is 0.150 e. The van der Waals surface area contributed by atoms with Crippen LogP contribution in [0.2, 0.25) is 0 Å². The molecule has 0 bridgehead atoms. The van der Waals surface area contributed by atoms with Crippen molar-refractivity contribution >= 4 is 5.69 Å². The Hall–Kier alpha value is -2.03. The van der Waals surface area contributed by atoms with Crippen LogP contribution in [-0.4, -0.2) is 0 Å². The molecule has 0 aliphatic rings. The molecule has 0 saturated carbocycles. The molecule has 0 radical (unpaired) electrons. The number of nitrogens with two attached hydrogens (primary N) is 1. The van der Waals surface area contributed by atoms with Crippen LogP contribution in [-0.2, 0) is 0 Å². The summed E-state index contributed by atoms with van der Waals surface area (Å²) < 4.78 is 18.4. The number of nitrogen functional groups attached to an aromatic ring is 1. The van der Waals surface area contributed by atoms with E-state index in [2.05, 4.69) is 0 Å². The van der Waals surface area contributed by atoms with Gasteiger partial charge in [0.2, 0.25) is 0 Å². The van der Waals surface area contributed by atoms with E-state index in [0.29, 0.717) is 17.2 Å². The van der Waals surface area contributed by atoms with Gasteiger partial charge in [-0.2, -0.15) is 0 Å². The Bertz CT molecular complexity index is 511. The summed E-state index contributed by atoms with van der Waals surface area (Å²) in [7, 11) is 0. The van der Waals surface area contributed by atoms with E-state index < -0.39 is 0 Å². The third-order valence-electron chi connectivity index (χ3n) is 2.19. The van der Waals surface area contributed by atoms with Crippen molar-refractivity contribution in [3.05, 3.63) is 53.8 Å². The normalized spacial score (nSPS) is 10.1. The van der Waals surface area contributed by atoms with Crippen LogP contribution in [0.4, 0.5) is 10.1 Å². The second-order valence-corrected chi connectivity index (χ2v) is 3.60. The van der Waals surface area contributed by atoms with Gasteiger partial charge in [-0.1, -0.05) is 12.1 Å². The van der Waals surface area contributed by atoms with E-state index >= 15 is 0 Å². The minimum atomic E-state index is -0.330. The minimum Gasteiger partial charge on any atom is -0.455 e. The predicted molar refractivity (Wildman–Crippen MR) is 62.1 cm³/mol. The Kier molecular flexibility index (Phi) is 2.77. The molecule has 0 aromatic heterocycles. The Labute approximate surface area is 93.5 Å². The van der Waals surface area contributed by atoms with Crippen LogP contribution in [0.25, 0.3) is 0 Å². The molecule has 2 nitrogen and oxygen atoms in total. The number of hydrogen-bond donors (Lipinski definition) is 1. The number of rotatable bonds is 2. The maximum atomic E-state index is 12.9. The monoisotopic (exact) mass is 217 g/mol. The van der Waals surface area contributed by atoms with Crippen molar-refractivity contribution in [2.24, 2.45) is 0 Å². The molecule has 0 saturated heterocycles. The van der Waals surface area contributed by atoms with E-state index in [1.54, 1.807) is 18.2 Å². The molecule has 2 N–H and O–H groups in total. The fraction of sp³-hybridized carbons (Fsp3) is 0.0769. The summed E-state index contributed by atoms with van der Waals surface area (Å²) in [4.78, 5) is 0. The summed E-state index contributed by atoms with van der Waals surface area (Å²) in [6.07, 6.45) is 0. The first-order valence-electron chi connectivity index (χ1n) is 4.95. The van der Waals surface area contributed by atoms with Gasteiger partial charge in [-0.25, -0.2) is 4.39 Å². The molecule has 2 aromatic carbocycles. The van der Waals surface area contributed by atoms with Crippen molar-refractivity contribution in [2.45, 2.75) is 6.92 Å². The Morgan fingerprint density at radius 3 is 2.69 bits per heavy atom. The summed E-state index contributed by atoms with van der Waals surface area (Å²) in [5, 5.41) is 0. The minimum absolute atomic E-state index is 0.330. The summed E-state index contributed by atoms with van der Waals surface area (Å²) in [5.41, 5.74) is 7.34. The van der Waals surface area contributed by atoms with Crippen molar-refractivity contribution in [3.63, 3.8) is 0 Å². The molecule has 82 valence electrons. The largest absolute Gasteiger partial charge is 0.455 e. The van der Waals surface area contributed by atoms with Gasteiger partial charge in [0.1, 0.15) is 11.6 Å². The first-order chi connectivity index (χ1) is 7.65. The van der Waals surface area contributed by atoms with Crippen LogP contribution in [0.1, 0.15) is 5.56 Å². The average molecular weight is 217 g/mol. The molecule has 0 amide bonds.